The Morgan fingerprint density at radius 1 is 1.00 bits per heavy atom. The van der Waals surface area contributed by atoms with E-state index in [0.717, 1.165) is 4.68 Å². The van der Waals surface area contributed by atoms with Crippen LogP contribution in [-0.2, 0) is 5.54 Å². The fourth-order valence-corrected chi connectivity index (χ4v) is 5.37. The Bertz CT molecular complexity index is 2030. The van der Waals surface area contributed by atoms with Crippen molar-refractivity contribution in [3.05, 3.63) is 83.2 Å². The number of nitriles is 2. The molecule has 0 bridgehead atoms. The van der Waals surface area contributed by atoms with E-state index in [4.69, 9.17) is 0 Å². The summed E-state index contributed by atoms with van der Waals surface area (Å²) in [4.78, 5) is 8.55. The molecule has 2 N–H and O–H groups in total. The highest BCUT2D eigenvalue weighted by atomic mass is 19.4. The van der Waals surface area contributed by atoms with Gasteiger partial charge in [-0.05, 0) is 48.1 Å². The lowest BCUT2D eigenvalue weighted by Crippen LogP contribution is -2.35. The Morgan fingerprint density at radius 2 is 1.76 bits per heavy atom. The van der Waals surface area contributed by atoms with Crippen molar-refractivity contribution in [1.29, 1.82) is 10.5 Å². The number of hydrogen-bond donors (Lipinski definition) is 2. The van der Waals surface area contributed by atoms with E-state index < -0.39 is 23.6 Å². The average molecular weight is 614 g/mol. The number of anilines is 2. The molecule has 3 aromatic heterocycles. The fourth-order valence-electron chi connectivity index (χ4n) is 5.37. The van der Waals surface area contributed by atoms with E-state index in [-0.39, 0.29) is 40.6 Å². The Morgan fingerprint density at radius 3 is 2.42 bits per heavy atom. The van der Waals surface area contributed by atoms with E-state index >= 15 is 0 Å². The molecule has 1 saturated carbocycles. The first kappa shape index (κ1) is 29.8. The van der Waals surface area contributed by atoms with Crippen LogP contribution in [-0.4, -0.2) is 37.7 Å². The van der Waals surface area contributed by atoms with Crippen LogP contribution in [0, 0.1) is 33.9 Å². The van der Waals surface area contributed by atoms with Crippen LogP contribution in [0.3, 0.4) is 0 Å². The summed E-state index contributed by atoms with van der Waals surface area (Å²) in [6.07, 6.45) is -0.640. The molecule has 9 nitrogen and oxygen atoms in total. The molecule has 0 unspecified atom stereocenters. The van der Waals surface area contributed by atoms with Gasteiger partial charge < -0.3 is 10.6 Å². The molecule has 0 radical (unpaired) electrons. The van der Waals surface area contributed by atoms with E-state index in [0.29, 0.717) is 39.8 Å². The molecule has 1 aliphatic rings. The number of hydrogen-bond acceptors (Lipinski definition) is 8. The second-order valence-electron chi connectivity index (χ2n) is 12.3. The van der Waals surface area contributed by atoms with Gasteiger partial charge in [0.1, 0.15) is 29.2 Å². The highest BCUT2D eigenvalue weighted by molar-refractivity contribution is 5.99. The number of nitrogens with zero attached hydrogens (tertiary/aromatic N) is 7. The van der Waals surface area contributed by atoms with E-state index in [9.17, 15) is 28.1 Å². The maximum atomic E-state index is 14.8. The summed E-state index contributed by atoms with van der Waals surface area (Å²) in [7, 11) is 0. The van der Waals surface area contributed by atoms with Gasteiger partial charge in [-0.25, -0.2) is 9.07 Å². The number of pyridine rings is 2. The van der Waals surface area contributed by atoms with Gasteiger partial charge in [0.25, 0.3) is 0 Å². The van der Waals surface area contributed by atoms with Crippen LogP contribution in [0.25, 0.3) is 21.8 Å². The standard InChI is InChI=1S/C32H27F4N9/c1-30(2,3)17-41-27-19(14-38)15-40-26-18(13-37)11-20(12-23(26)27)42-29(22-6-7-24(33)28-21(22)5-4-10-39-28)25-16-45(44-43-25)31(8-9-31)32(34,35)36/h4-7,10-12,15-16,29,42H,8-9,17H2,1-3H3,(H,40,41)/t29-/m0/s1. The van der Waals surface area contributed by atoms with Crippen LogP contribution < -0.4 is 10.6 Å². The van der Waals surface area contributed by atoms with Crippen molar-refractivity contribution in [3.8, 4) is 12.1 Å². The topological polar surface area (TPSA) is 128 Å². The number of benzene rings is 2. The molecule has 1 aliphatic carbocycles. The minimum atomic E-state index is -4.52. The third kappa shape index (κ3) is 5.35. The molecule has 13 heteroatoms. The van der Waals surface area contributed by atoms with Crippen molar-refractivity contribution in [3.63, 3.8) is 0 Å². The second kappa shape index (κ2) is 10.7. The van der Waals surface area contributed by atoms with Gasteiger partial charge in [-0.3, -0.25) is 9.97 Å². The average Bonchev–Trinajstić information content (AvgIpc) is 3.69. The summed E-state index contributed by atoms with van der Waals surface area (Å²) in [5.41, 5.74) is 0.205. The molecular formula is C32H27F4N9. The number of fused-ring (bicyclic) bond motifs is 2. The summed E-state index contributed by atoms with van der Waals surface area (Å²) < 4.78 is 57.5. The van der Waals surface area contributed by atoms with Crippen LogP contribution >= 0.6 is 0 Å². The lowest BCUT2D eigenvalue weighted by molar-refractivity contribution is -0.182. The first-order valence-electron chi connectivity index (χ1n) is 14.2. The van der Waals surface area contributed by atoms with Gasteiger partial charge in [0, 0.05) is 35.4 Å². The molecular weight excluding hydrogens is 586 g/mol. The number of alkyl halides is 3. The lowest BCUT2D eigenvalue weighted by atomic mass is 9.96. The minimum absolute atomic E-state index is 0.0795. The van der Waals surface area contributed by atoms with Gasteiger partial charge >= 0.3 is 6.18 Å². The quantitative estimate of drug-likeness (QED) is 0.189. The van der Waals surface area contributed by atoms with Crippen molar-refractivity contribution < 1.29 is 17.6 Å². The molecule has 2 aromatic carbocycles. The molecule has 0 saturated heterocycles. The van der Waals surface area contributed by atoms with Crippen molar-refractivity contribution in [1.82, 2.24) is 25.0 Å². The number of nitrogens with one attached hydrogen (secondary N) is 2. The molecule has 3 heterocycles. The first-order valence-corrected chi connectivity index (χ1v) is 14.2. The van der Waals surface area contributed by atoms with E-state index in [2.05, 4.69) is 43.1 Å². The Hall–Kier alpha value is -5.30. The molecule has 228 valence electrons. The van der Waals surface area contributed by atoms with Crippen molar-refractivity contribution in [2.75, 3.05) is 17.2 Å². The van der Waals surface area contributed by atoms with Crippen LogP contribution in [0.1, 0.15) is 62.0 Å². The maximum Gasteiger partial charge on any atom is 0.413 e. The van der Waals surface area contributed by atoms with E-state index in [1.807, 2.05) is 20.8 Å². The summed E-state index contributed by atoms with van der Waals surface area (Å²) in [5, 5.41) is 35.5. The first-order chi connectivity index (χ1) is 21.3. The number of rotatable bonds is 7. The predicted octanol–water partition coefficient (Wildman–Crippen LogP) is 6.97. The van der Waals surface area contributed by atoms with E-state index in [1.165, 1.54) is 30.7 Å². The number of aromatic nitrogens is 5. The molecule has 45 heavy (non-hydrogen) atoms. The second-order valence-corrected chi connectivity index (χ2v) is 12.3. The SMILES string of the molecule is CC(C)(C)CNc1c(C#N)cnc2c(C#N)cc(N[C@H](c3cn(C4(C(F)(F)F)CC4)nn3)c3ccc(F)c4ncccc34)cc12. The van der Waals surface area contributed by atoms with Crippen molar-refractivity contribution in [2.24, 2.45) is 5.41 Å². The molecule has 0 aliphatic heterocycles. The van der Waals surface area contributed by atoms with Crippen LogP contribution in [0.4, 0.5) is 28.9 Å². The highest BCUT2D eigenvalue weighted by Gasteiger charge is 2.66. The Balaban J connectivity index is 1.52. The van der Waals surface area contributed by atoms with Gasteiger partial charge in [-0.15, -0.1) is 5.10 Å². The zero-order chi connectivity index (χ0) is 32.1. The number of halogens is 4. The molecule has 0 amide bonds. The van der Waals surface area contributed by atoms with Gasteiger partial charge in [-0.1, -0.05) is 38.1 Å². The zero-order valence-corrected chi connectivity index (χ0v) is 24.5. The van der Waals surface area contributed by atoms with Crippen molar-refractivity contribution >= 4 is 33.2 Å². The molecule has 1 atom stereocenters. The third-order valence-electron chi connectivity index (χ3n) is 7.88. The molecule has 5 aromatic rings. The van der Waals surface area contributed by atoms with Crippen LogP contribution in [0.5, 0.6) is 0 Å². The van der Waals surface area contributed by atoms with Crippen LogP contribution in [0.2, 0.25) is 0 Å². The normalized spacial score (nSPS) is 15.0. The van der Waals surface area contributed by atoms with E-state index in [1.54, 1.807) is 24.3 Å². The van der Waals surface area contributed by atoms with Crippen molar-refractivity contribution in [2.45, 2.75) is 51.4 Å². The Kier molecular flexibility index (Phi) is 7.08. The third-order valence-corrected chi connectivity index (χ3v) is 7.88. The Labute approximate surface area is 255 Å². The largest absolute Gasteiger partial charge is 0.413 e. The summed E-state index contributed by atoms with van der Waals surface area (Å²) in [6, 6.07) is 12.7. The smallest absolute Gasteiger partial charge is 0.383 e. The molecule has 0 spiro atoms. The zero-order valence-electron chi connectivity index (χ0n) is 24.5. The van der Waals surface area contributed by atoms with Gasteiger partial charge in [-0.2, -0.15) is 23.7 Å². The maximum absolute atomic E-state index is 14.8. The van der Waals surface area contributed by atoms with Crippen LogP contribution in [0.15, 0.2) is 55.0 Å². The van der Waals surface area contributed by atoms with Gasteiger partial charge in [0.05, 0.1) is 34.6 Å². The predicted molar refractivity (Wildman–Crippen MR) is 160 cm³/mol. The molecule has 1 fully saturated rings. The highest BCUT2D eigenvalue weighted by Crippen LogP contribution is 2.55. The summed E-state index contributed by atoms with van der Waals surface area (Å²) in [5.74, 6) is -0.562. The fraction of sp³-hybridized carbons (Fsp3) is 0.312. The molecule has 6 rings (SSSR count). The minimum Gasteiger partial charge on any atom is -0.383 e. The lowest BCUT2D eigenvalue weighted by Gasteiger charge is -2.23. The monoisotopic (exact) mass is 613 g/mol. The summed E-state index contributed by atoms with van der Waals surface area (Å²) >= 11 is 0. The summed E-state index contributed by atoms with van der Waals surface area (Å²) in [6.45, 7) is 6.62. The van der Waals surface area contributed by atoms with Gasteiger partial charge in [0.15, 0.2) is 5.54 Å². The van der Waals surface area contributed by atoms with Gasteiger partial charge in [0.2, 0.25) is 0 Å².